The summed E-state index contributed by atoms with van der Waals surface area (Å²) in [5, 5.41) is 2.74. The Bertz CT molecular complexity index is 843. The number of anilines is 1. The van der Waals surface area contributed by atoms with Crippen LogP contribution in [0.1, 0.15) is 37.5 Å². The van der Waals surface area contributed by atoms with E-state index < -0.39 is 10.0 Å². The Balaban J connectivity index is 1.70. The first-order chi connectivity index (χ1) is 11.4. The fraction of sp³-hybridized carbons (Fsp3) is 0.353. The summed E-state index contributed by atoms with van der Waals surface area (Å²) < 4.78 is 33.0. The van der Waals surface area contributed by atoms with Crippen LogP contribution < -0.4 is 10.0 Å². The summed E-state index contributed by atoms with van der Waals surface area (Å²) in [4.78, 5) is 11.9. The lowest BCUT2D eigenvalue weighted by molar-refractivity contribution is -0.116. The summed E-state index contributed by atoms with van der Waals surface area (Å²) in [6.07, 6.45) is 2.90. The van der Waals surface area contributed by atoms with E-state index in [2.05, 4.69) is 10.0 Å². The van der Waals surface area contributed by atoms with Gasteiger partial charge in [0.25, 0.3) is 0 Å². The molecule has 1 amide bonds. The minimum Gasteiger partial charge on any atom is -0.469 e. The number of nitrogens with one attached hydrogen (secondary N) is 2. The molecule has 0 unspecified atom stereocenters. The number of aryl methyl sites for hydroxylation is 1. The standard InChI is InChI=1S/C17H20N2O4S/c1-11(5-6-13-4-3-9-23-13)19-24(21,22)14-7-8-16-15(10-14)12(2)17(20)18-16/h3-4,7-12,19H,5-6H2,1-2H3,(H,18,20)/t11-,12+/m1/s1. The number of carbonyl (C=O) groups is 1. The minimum atomic E-state index is -3.63. The molecule has 2 aromatic rings. The van der Waals surface area contributed by atoms with Crippen LogP contribution in [0, 0.1) is 0 Å². The van der Waals surface area contributed by atoms with Crippen molar-refractivity contribution in [2.45, 2.75) is 43.5 Å². The maximum atomic E-state index is 12.6. The third kappa shape index (κ3) is 3.37. The molecule has 1 aliphatic heterocycles. The minimum absolute atomic E-state index is 0.112. The van der Waals surface area contributed by atoms with Crippen LogP contribution in [0.25, 0.3) is 0 Å². The van der Waals surface area contributed by atoms with Crippen LogP contribution >= 0.6 is 0 Å². The van der Waals surface area contributed by atoms with Gasteiger partial charge in [0.05, 0.1) is 17.1 Å². The SMILES string of the molecule is C[C@H](CCc1ccco1)NS(=O)(=O)c1ccc2c(c1)[C@H](C)C(=O)N2. The molecule has 1 aromatic carbocycles. The highest BCUT2D eigenvalue weighted by Crippen LogP contribution is 2.33. The maximum absolute atomic E-state index is 12.6. The number of hydrogen-bond donors (Lipinski definition) is 2. The van der Waals surface area contributed by atoms with Gasteiger partial charge >= 0.3 is 0 Å². The van der Waals surface area contributed by atoms with E-state index in [1.54, 1.807) is 25.3 Å². The summed E-state index contributed by atoms with van der Waals surface area (Å²) in [6, 6.07) is 8.17. The average molecular weight is 348 g/mol. The van der Waals surface area contributed by atoms with Gasteiger partial charge in [0.2, 0.25) is 15.9 Å². The number of carbonyl (C=O) groups excluding carboxylic acids is 1. The highest BCUT2D eigenvalue weighted by Gasteiger charge is 2.28. The molecule has 0 saturated carbocycles. The van der Waals surface area contributed by atoms with E-state index in [1.807, 2.05) is 19.1 Å². The van der Waals surface area contributed by atoms with Gasteiger partial charge in [-0.25, -0.2) is 13.1 Å². The number of rotatable bonds is 6. The van der Waals surface area contributed by atoms with Crippen LogP contribution in [0.3, 0.4) is 0 Å². The smallest absolute Gasteiger partial charge is 0.240 e. The number of amides is 1. The van der Waals surface area contributed by atoms with Crippen molar-refractivity contribution in [3.63, 3.8) is 0 Å². The summed E-state index contributed by atoms with van der Waals surface area (Å²) in [6.45, 7) is 3.58. The van der Waals surface area contributed by atoms with Crippen molar-refractivity contribution in [3.8, 4) is 0 Å². The molecule has 128 valence electrons. The number of hydrogen-bond acceptors (Lipinski definition) is 4. The highest BCUT2D eigenvalue weighted by molar-refractivity contribution is 7.89. The topological polar surface area (TPSA) is 88.4 Å². The fourth-order valence-corrected chi connectivity index (χ4v) is 4.08. The average Bonchev–Trinajstić information content (AvgIpc) is 3.14. The van der Waals surface area contributed by atoms with E-state index >= 15 is 0 Å². The van der Waals surface area contributed by atoms with E-state index in [0.717, 1.165) is 5.76 Å². The zero-order valence-electron chi connectivity index (χ0n) is 13.6. The molecule has 2 heterocycles. The Morgan fingerprint density at radius 2 is 2.12 bits per heavy atom. The summed E-state index contributed by atoms with van der Waals surface area (Å²) in [5.74, 6) is 0.378. The monoisotopic (exact) mass is 348 g/mol. The Labute approximate surface area is 141 Å². The van der Waals surface area contributed by atoms with Gasteiger partial charge in [-0.3, -0.25) is 4.79 Å². The van der Waals surface area contributed by atoms with Crippen molar-refractivity contribution in [1.82, 2.24) is 4.72 Å². The lowest BCUT2D eigenvalue weighted by atomic mass is 10.0. The Morgan fingerprint density at radius 1 is 1.33 bits per heavy atom. The Morgan fingerprint density at radius 3 is 2.83 bits per heavy atom. The molecular formula is C17H20N2O4S. The second-order valence-electron chi connectivity index (χ2n) is 6.10. The van der Waals surface area contributed by atoms with E-state index in [-0.39, 0.29) is 22.8 Å². The van der Waals surface area contributed by atoms with Crippen molar-refractivity contribution >= 4 is 21.6 Å². The fourth-order valence-electron chi connectivity index (χ4n) is 2.77. The Hall–Kier alpha value is -2.12. The van der Waals surface area contributed by atoms with Gasteiger partial charge < -0.3 is 9.73 Å². The van der Waals surface area contributed by atoms with Crippen molar-refractivity contribution in [1.29, 1.82) is 0 Å². The molecule has 2 atom stereocenters. The van der Waals surface area contributed by atoms with E-state index in [0.29, 0.717) is 24.1 Å². The molecule has 0 aliphatic carbocycles. The van der Waals surface area contributed by atoms with Crippen molar-refractivity contribution in [2.75, 3.05) is 5.32 Å². The third-order valence-corrected chi connectivity index (χ3v) is 5.80. The summed E-state index contributed by atoms with van der Waals surface area (Å²) in [5.41, 5.74) is 1.39. The van der Waals surface area contributed by atoms with Gasteiger partial charge in [0.1, 0.15) is 5.76 Å². The van der Waals surface area contributed by atoms with Crippen molar-refractivity contribution < 1.29 is 17.6 Å². The van der Waals surface area contributed by atoms with Gasteiger partial charge in [0.15, 0.2) is 0 Å². The predicted octanol–water partition coefficient (Wildman–Crippen LogP) is 2.63. The van der Waals surface area contributed by atoms with Crippen LogP contribution in [0.4, 0.5) is 5.69 Å². The summed E-state index contributed by atoms with van der Waals surface area (Å²) in [7, 11) is -3.63. The van der Waals surface area contributed by atoms with Gasteiger partial charge in [-0.1, -0.05) is 0 Å². The van der Waals surface area contributed by atoms with Crippen molar-refractivity contribution in [3.05, 3.63) is 47.9 Å². The lowest BCUT2D eigenvalue weighted by Gasteiger charge is -2.14. The number of furan rings is 1. The predicted molar refractivity (Wildman–Crippen MR) is 90.3 cm³/mol. The second kappa shape index (κ2) is 6.41. The molecule has 0 spiro atoms. The molecule has 1 aliphatic rings. The second-order valence-corrected chi connectivity index (χ2v) is 7.81. The molecule has 7 heteroatoms. The van der Waals surface area contributed by atoms with Crippen LogP contribution in [0.5, 0.6) is 0 Å². The number of fused-ring (bicyclic) bond motifs is 1. The van der Waals surface area contributed by atoms with Gasteiger partial charge in [0, 0.05) is 18.2 Å². The number of sulfonamides is 1. The first-order valence-corrected chi connectivity index (χ1v) is 9.34. The van der Waals surface area contributed by atoms with Gasteiger partial charge in [-0.15, -0.1) is 0 Å². The summed E-state index contributed by atoms with van der Waals surface area (Å²) >= 11 is 0. The van der Waals surface area contributed by atoms with E-state index in [9.17, 15) is 13.2 Å². The Kier molecular flexibility index (Phi) is 4.47. The van der Waals surface area contributed by atoms with E-state index in [1.165, 1.54) is 6.07 Å². The molecule has 0 radical (unpaired) electrons. The number of benzene rings is 1. The van der Waals surface area contributed by atoms with Crippen LogP contribution in [0.2, 0.25) is 0 Å². The molecule has 6 nitrogen and oxygen atoms in total. The largest absolute Gasteiger partial charge is 0.469 e. The molecule has 24 heavy (non-hydrogen) atoms. The molecule has 2 N–H and O–H groups in total. The van der Waals surface area contributed by atoms with Gasteiger partial charge in [-0.2, -0.15) is 0 Å². The molecule has 0 saturated heterocycles. The normalized spacial score (nSPS) is 18.2. The molecular weight excluding hydrogens is 328 g/mol. The van der Waals surface area contributed by atoms with Crippen LogP contribution in [-0.2, 0) is 21.2 Å². The quantitative estimate of drug-likeness (QED) is 0.840. The molecule has 3 rings (SSSR count). The van der Waals surface area contributed by atoms with Crippen LogP contribution in [0.15, 0.2) is 45.9 Å². The van der Waals surface area contributed by atoms with Crippen LogP contribution in [-0.4, -0.2) is 20.4 Å². The zero-order valence-corrected chi connectivity index (χ0v) is 14.4. The lowest BCUT2D eigenvalue weighted by Crippen LogP contribution is -2.33. The first kappa shape index (κ1) is 16.7. The zero-order chi connectivity index (χ0) is 17.3. The first-order valence-electron chi connectivity index (χ1n) is 7.86. The molecule has 0 bridgehead atoms. The van der Waals surface area contributed by atoms with Crippen molar-refractivity contribution in [2.24, 2.45) is 0 Å². The highest BCUT2D eigenvalue weighted by atomic mass is 32.2. The van der Waals surface area contributed by atoms with E-state index in [4.69, 9.17) is 4.42 Å². The third-order valence-electron chi connectivity index (χ3n) is 4.21. The molecule has 0 fully saturated rings. The van der Waals surface area contributed by atoms with Gasteiger partial charge in [-0.05, 0) is 56.2 Å². The maximum Gasteiger partial charge on any atom is 0.240 e. The molecule has 1 aromatic heterocycles.